The third kappa shape index (κ3) is 2.96. The maximum absolute atomic E-state index is 13.3. The van der Waals surface area contributed by atoms with Crippen molar-refractivity contribution in [2.24, 2.45) is 5.41 Å². The van der Waals surface area contributed by atoms with Gasteiger partial charge in [-0.15, -0.1) is 0 Å². The SMILES string of the molecule is Cc1noc(CN2CCC3(CCCN(C4CCCCC4)C3=O)C2)n1. The predicted octanol–water partition coefficient (Wildman–Crippen LogP) is 2.53. The van der Waals surface area contributed by atoms with E-state index in [0.29, 0.717) is 30.2 Å². The molecule has 6 nitrogen and oxygen atoms in total. The first-order valence-corrected chi connectivity index (χ1v) is 9.49. The number of aromatic nitrogens is 2. The minimum absolute atomic E-state index is 0.162. The fourth-order valence-corrected chi connectivity index (χ4v) is 4.91. The van der Waals surface area contributed by atoms with Gasteiger partial charge in [0, 0.05) is 19.1 Å². The second-order valence-corrected chi connectivity index (χ2v) is 7.87. The summed E-state index contributed by atoms with van der Waals surface area (Å²) < 4.78 is 5.25. The summed E-state index contributed by atoms with van der Waals surface area (Å²) in [6.45, 7) is 5.26. The lowest BCUT2D eigenvalue weighted by Crippen LogP contribution is -2.54. The number of rotatable bonds is 3. The predicted molar refractivity (Wildman–Crippen MR) is 89.2 cm³/mol. The quantitative estimate of drug-likeness (QED) is 0.851. The van der Waals surface area contributed by atoms with Gasteiger partial charge in [0.05, 0.1) is 12.0 Å². The van der Waals surface area contributed by atoms with Gasteiger partial charge in [0.25, 0.3) is 0 Å². The molecule has 1 aromatic rings. The lowest BCUT2D eigenvalue weighted by atomic mass is 9.77. The monoisotopic (exact) mass is 332 g/mol. The van der Waals surface area contributed by atoms with Gasteiger partial charge in [-0.1, -0.05) is 24.4 Å². The van der Waals surface area contributed by atoms with Crippen molar-refractivity contribution >= 4 is 5.91 Å². The number of carbonyl (C=O) groups is 1. The number of likely N-dealkylation sites (tertiary alicyclic amines) is 2. The van der Waals surface area contributed by atoms with Gasteiger partial charge in [0.15, 0.2) is 5.82 Å². The van der Waals surface area contributed by atoms with Crippen LogP contribution in [0.4, 0.5) is 0 Å². The lowest BCUT2D eigenvalue weighted by Gasteiger charge is -2.44. The molecule has 1 amide bonds. The highest BCUT2D eigenvalue weighted by atomic mass is 16.5. The molecule has 4 rings (SSSR count). The highest BCUT2D eigenvalue weighted by Gasteiger charge is 2.49. The summed E-state index contributed by atoms with van der Waals surface area (Å²) in [5.74, 6) is 1.76. The summed E-state index contributed by atoms with van der Waals surface area (Å²) in [4.78, 5) is 22.2. The Hall–Kier alpha value is -1.43. The van der Waals surface area contributed by atoms with Crippen molar-refractivity contribution < 1.29 is 9.32 Å². The van der Waals surface area contributed by atoms with Crippen LogP contribution in [0.15, 0.2) is 4.52 Å². The number of hydrogen-bond acceptors (Lipinski definition) is 5. The molecule has 1 aliphatic carbocycles. The third-order valence-corrected chi connectivity index (χ3v) is 6.15. The summed E-state index contributed by atoms with van der Waals surface area (Å²) in [5, 5.41) is 3.86. The van der Waals surface area contributed by atoms with Crippen LogP contribution in [0.5, 0.6) is 0 Å². The Balaban J connectivity index is 1.43. The summed E-state index contributed by atoms with van der Waals surface area (Å²) in [6, 6.07) is 0.496. The van der Waals surface area contributed by atoms with E-state index in [1.54, 1.807) is 0 Å². The van der Waals surface area contributed by atoms with Crippen LogP contribution in [0.25, 0.3) is 0 Å². The van der Waals surface area contributed by atoms with E-state index in [1.807, 2.05) is 6.92 Å². The summed E-state index contributed by atoms with van der Waals surface area (Å²) in [7, 11) is 0. The zero-order valence-corrected chi connectivity index (χ0v) is 14.7. The van der Waals surface area contributed by atoms with Gasteiger partial charge in [-0.2, -0.15) is 4.98 Å². The summed E-state index contributed by atoms with van der Waals surface area (Å²) in [5.41, 5.74) is -0.162. The van der Waals surface area contributed by atoms with Crippen molar-refractivity contribution in [3.63, 3.8) is 0 Å². The van der Waals surface area contributed by atoms with Crippen molar-refractivity contribution in [2.75, 3.05) is 19.6 Å². The van der Waals surface area contributed by atoms with E-state index >= 15 is 0 Å². The van der Waals surface area contributed by atoms with Crippen molar-refractivity contribution in [1.82, 2.24) is 19.9 Å². The van der Waals surface area contributed by atoms with Crippen LogP contribution < -0.4 is 0 Å². The van der Waals surface area contributed by atoms with Gasteiger partial charge in [0.1, 0.15) is 0 Å². The fraction of sp³-hybridized carbons (Fsp3) is 0.833. The second-order valence-electron chi connectivity index (χ2n) is 7.87. The van der Waals surface area contributed by atoms with E-state index in [-0.39, 0.29) is 5.41 Å². The molecule has 3 heterocycles. The molecule has 0 N–H and O–H groups in total. The highest BCUT2D eigenvalue weighted by Crippen LogP contribution is 2.42. The molecule has 132 valence electrons. The van der Waals surface area contributed by atoms with Crippen LogP contribution >= 0.6 is 0 Å². The first kappa shape index (κ1) is 16.1. The van der Waals surface area contributed by atoms with Gasteiger partial charge in [-0.05, 0) is 45.6 Å². The van der Waals surface area contributed by atoms with Gasteiger partial charge in [-0.3, -0.25) is 9.69 Å². The van der Waals surface area contributed by atoms with Gasteiger partial charge >= 0.3 is 0 Å². The zero-order valence-electron chi connectivity index (χ0n) is 14.7. The van der Waals surface area contributed by atoms with E-state index in [4.69, 9.17) is 4.52 Å². The molecule has 0 aromatic carbocycles. The average molecular weight is 332 g/mol. The topological polar surface area (TPSA) is 62.5 Å². The number of piperidine rings is 1. The van der Waals surface area contributed by atoms with Crippen molar-refractivity contribution in [1.29, 1.82) is 0 Å². The zero-order chi connectivity index (χ0) is 16.6. The first-order valence-electron chi connectivity index (χ1n) is 9.49. The van der Waals surface area contributed by atoms with E-state index in [0.717, 1.165) is 38.9 Å². The average Bonchev–Trinajstić information content (AvgIpc) is 3.19. The number of aryl methyl sites for hydroxylation is 1. The molecular formula is C18H28N4O2. The molecule has 0 radical (unpaired) electrons. The molecular weight excluding hydrogens is 304 g/mol. The summed E-state index contributed by atoms with van der Waals surface area (Å²) >= 11 is 0. The molecule has 2 saturated heterocycles. The Morgan fingerprint density at radius 1 is 1.17 bits per heavy atom. The Morgan fingerprint density at radius 3 is 2.75 bits per heavy atom. The largest absolute Gasteiger partial charge is 0.339 e. The van der Waals surface area contributed by atoms with Crippen molar-refractivity contribution in [3.05, 3.63) is 11.7 Å². The second kappa shape index (κ2) is 6.47. The molecule has 1 unspecified atom stereocenters. The molecule has 3 fully saturated rings. The Labute approximate surface area is 143 Å². The van der Waals surface area contributed by atoms with Crippen LogP contribution in [-0.4, -0.2) is 51.5 Å². The lowest BCUT2D eigenvalue weighted by molar-refractivity contribution is -0.149. The fourth-order valence-electron chi connectivity index (χ4n) is 4.91. The summed E-state index contributed by atoms with van der Waals surface area (Å²) in [6.07, 6.45) is 9.46. The van der Waals surface area contributed by atoms with Crippen molar-refractivity contribution in [3.8, 4) is 0 Å². The minimum atomic E-state index is -0.162. The van der Waals surface area contributed by atoms with Crippen LogP contribution in [0.3, 0.4) is 0 Å². The van der Waals surface area contributed by atoms with E-state index < -0.39 is 0 Å². The third-order valence-electron chi connectivity index (χ3n) is 6.15. The highest BCUT2D eigenvalue weighted by molar-refractivity contribution is 5.84. The number of nitrogens with zero attached hydrogens (tertiary/aromatic N) is 4. The normalized spacial score (nSPS) is 29.7. The van der Waals surface area contributed by atoms with E-state index in [9.17, 15) is 4.79 Å². The molecule has 3 aliphatic rings. The maximum atomic E-state index is 13.3. The molecule has 2 aliphatic heterocycles. The Kier molecular flexibility index (Phi) is 4.33. The molecule has 1 atom stereocenters. The van der Waals surface area contributed by atoms with E-state index in [1.165, 1.54) is 32.1 Å². The van der Waals surface area contributed by atoms with Gasteiger partial charge < -0.3 is 9.42 Å². The molecule has 24 heavy (non-hydrogen) atoms. The van der Waals surface area contributed by atoms with Gasteiger partial charge in [-0.25, -0.2) is 0 Å². The molecule has 1 saturated carbocycles. The van der Waals surface area contributed by atoms with Crippen molar-refractivity contribution in [2.45, 2.75) is 70.9 Å². The Bertz CT molecular complexity index is 596. The number of amides is 1. The molecule has 1 spiro atoms. The standard InChI is InChI=1S/C18H28N4O2/c1-14-19-16(24-20-14)12-21-11-9-18(13-21)8-5-10-22(17(18)23)15-6-3-2-4-7-15/h15H,2-13H2,1H3. The maximum Gasteiger partial charge on any atom is 0.240 e. The van der Waals surface area contributed by atoms with Gasteiger partial charge in [0.2, 0.25) is 11.8 Å². The first-order chi connectivity index (χ1) is 11.7. The molecule has 0 bridgehead atoms. The van der Waals surface area contributed by atoms with Crippen LogP contribution in [0, 0.1) is 12.3 Å². The number of carbonyl (C=O) groups excluding carboxylic acids is 1. The van der Waals surface area contributed by atoms with Crippen LogP contribution in [0.1, 0.15) is 63.1 Å². The Morgan fingerprint density at radius 2 is 2.00 bits per heavy atom. The molecule has 6 heteroatoms. The smallest absolute Gasteiger partial charge is 0.240 e. The minimum Gasteiger partial charge on any atom is -0.339 e. The molecule has 1 aromatic heterocycles. The number of hydrogen-bond donors (Lipinski definition) is 0. The van der Waals surface area contributed by atoms with E-state index in [2.05, 4.69) is 19.9 Å². The van der Waals surface area contributed by atoms with Crippen LogP contribution in [0.2, 0.25) is 0 Å². The van der Waals surface area contributed by atoms with Crippen LogP contribution in [-0.2, 0) is 11.3 Å².